The Labute approximate surface area is 190 Å². The lowest BCUT2D eigenvalue weighted by molar-refractivity contribution is -0.181. The summed E-state index contributed by atoms with van der Waals surface area (Å²) in [6, 6.07) is -0.208. The summed E-state index contributed by atoms with van der Waals surface area (Å²) in [6.07, 6.45) is -10.7. The predicted octanol–water partition coefficient (Wildman–Crippen LogP) is 5.02. The molecule has 0 bridgehead atoms. The topological polar surface area (TPSA) is 91.7 Å². The molecule has 2 unspecified atom stereocenters. The summed E-state index contributed by atoms with van der Waals surface area (Å²) in [4.78, 5) is 22.4. The fourth-order valence-corrected chi connectivity index (χ4v) is 4.42. The Hall–Kier alpha value is -1.48. The highest BCUT2D eigenvalue weighted by Gasteiger charge is 2.47. The van der Waals surface area contributed by atoms with Gasteiger partial charge in [0.25, 0.3) is 14.3 Å². The quantitative estimate of drug-likeness (QED) is 0.189. The number of unbranched alkanes of at least 4 members (excludes halogenated alkanes) is 2. The van der Waals surface area contributed by atoms with Crippen LogP contribution < -0.4 is 5.32 Å². The molecule has 0 heterocycles. The van der Waals surface area contributed by atoms with E-state index in [1.165, 1.54) is 0 Å². The molecule has 0 aliphatic carbocycles. The first-order valence-corrected chi connectivity index (χ1v) is 11.5. The molecule has 0 rings (SSSR count). The first-order chi connectivity index (χ1) is 15.1. The number of nitrogens with zero attached hydrogens (tertiary/aromatic N) is 2. The summed E-state index contributed by atoms with van der Waals surface area (Å²) >= 11 is 0. The lowest BCUT2D eigenvalue weighted by Gasteiger charge is -2.35. The number of alkyl halides is 6. The molecule has 0 saturated carbocycles. The Morgan fingerprint density at radius 2 is 1.48 bits per heavy atom. The van der Waals surface area contributed by atoms with Gasteiger partial charge in [-0.05, 0) is 40.5 Å². The third-order valence-electron chi connectivity index (χ3n) is 4.16. The Morgan fingerprint density at radius 1 is 0.939 bits per heavy atom. The van der Waals surface area contributed by atoms with Crippen LogP contribution in [0.1, 0.15) is 59.8 Å². The van der Waals surface area contributed by atoms with E-state index in [-0.39, 0.29) is 44.6 Å². The normalized spacial score (nSPS) is 14.4. The van der Waals surface area contributed by atoms with Crippen molar-refractivity contribution in [2.24, 2.45) is 0 Å². The number of carbonyl (C=O) groups is 2. The van der Waals surface area contributed by atoms with Crippen LogP contribution in [0.5, 0.6) is 0 Å². The third-order valence-corrected chi connectivity index (χ3v) is 6.27. The lowest BCUT2D eigenvalue weighted by atomic mass is 10.0. The zero-order valence-electron chi connectivity index (χ0n) is 18.9. The molecule has 7 nitrogen and oxygen atoms in total. The maximum atomic E-state index is 12.7. The van der Waals surface area contributed by atoms with E-state index >= 15 is 0 Å². The fraction of sp³-hybridized carbons (Fsp3) is 0.842. The SMILES string of the molecule is CC(C)N(C(C)C)P(OCCC#N)OCCCCCC(NC(=O)C(F)(F)F)C(=O)C(F)(F)F. The molecule has 2 atom stereocenters. The second-order valence-electron chi connectivity index (χ2n) is 7.62. The van der Waals surface area contributed by atoms with Gasteiger partial charge in [-0.2, -0.15) is 31.6 Å². The zero-order valence-corrected chi connectivity index (χ0v) is 19.8. The van der Waals surface area contributed by atoms with Crippen LogP contribution in [-0.4, -0.2) is 60.1 Å². The van der Waals surface area contributed by atoms with E-state index in [0.29, 0.717) is 6.42 Å². The molecule has 33 heavy (non-hydrogen) atoms. The summed E-state index contributed by atoms with van der Waals surface area (Å²) < 4.78 is 88.5. The molecule has 0 aliphatic rings. The van der Waals surface area contributed by atoms with E-state index < -0.39 is 45.0 Å². The molecule has 1 N–H and O–H groups in total. The van der Waals surface area contributed by atoms with Crippen LogP contribution in [0.15, 0.2) is 0 Å². The van der Waals surface area contributed by atoms with Gasteiger partial charge in [-0.3, -0.25) is 9.59 Å². The largest absolute Gasteiger partial charge is 0.471 e. The Kier molecular flexibility index (Phi) is 14.1. The van der Waals surface area contributed by atoms with Gasteiger partial charge >= 0.3 is 18.3 Å². The van der Waals surface area contributed by atoms with Gasteiger partial charge < -0.3 is 14.4 Å². The van der Waals surface area contributed by atoms with Crippen molar-refractivity contribution in [2.75, 3.05) is 13.2 Å². The first-order valence-electron chi connectivity index (χ1n) is 10.3. The molecule has 0 aromatic carbocycles. The van der Waals surface area contributed by atoms with E-state index in [0.717, 1.165) is 5.32 Å². The van der Waals surface area contributed by atoms with Gasteiger partial charge in [0.05, 0.1) is 31.7 Å². The molecule has 192 valence electrons. The number of hydrogen-bond donors (Lipinski definition) is 1. The maximum absolute atomic E-state index is 12.7. The molecule has 1 amide bonds. The van der Waals surface area contributed by atoms with Crippen LogP contribution >= 0.6 is 8.53 Å². The van der Waals surface area contributed by atoms with Crippen molar-refractivity contribution >= 4 is 20.2 Å². The van der Waals surface area contributed by atoms with Crippen molar-refractivity contribution in [1.29, 1.82) is 5.26 Å². The molecular formula is C19H30F6N3O4P. The molecule has 0 spiro atoms. The summed E-state index contributed by atoms with van der Waals surface area (Å²) in [6.45, 7) is 8.09. The summed E-state index contributed by atoms with van der Waals surface area (Å²) in [7, 11) is -1.50. The van der Waals surface area contributed by atoms with Crippen LogP contribution in [0.2, 0.25) is 0 Å². The molecule has 0 fully saturated rings. The Bertz CT molecular complexity index is 645. The van der Waals surface area contributed by atoms with Gasteiger partial charge in [-0.15, -0.1) is 0 Å². The fourth-order valence-electron chi connectivity index (χ4n) is 2.79. The number of ketones is 1. The predicted molar refractivity (Wildman–Crippen MR) is 109 cm³/mol. The third kappa shape index (κ3) is 12.5. The highest BCUT2D eigenvalue weighted by atomic mass is 31.2. The van der Waals surface area contributed by atoms with Crippen molar-refractivity contribution in [3.63, 3.8) is 0 Å². The number of hydrogen-bond acceptors (Lipinski definition) is 6. The van der Waals surface area contributed by atoms with Crippen LogP contribution in [0, 0.1) is 11.3 Å². The molecule has 0 radical (unpaired) electrons. The highest BCUT2D eigenvalue weighted by Crippen LogP contribution is 2.46. The number of rotatable bonds is 15. The lowest BCUT2D eigenvalue weighted by Crippen LogP contribution is -2.50. The van der Waals surface area contributed by atoms with Crippen molar-refractivity contribution in [2.45, 2.75) is 90.3 Å². The highest BCUT2D eigenvalue weighted by molar-refractivity contribution is 7.44. The average Bonchev–Trinajstić information content (AvgIpc) is 2.66. The van der Waals surface area contributed by atoms with E-state index in [1.807, 2.05) is 38.4 Å². The van der Waals surface area contributed by atoms with Crippen molar-refractivity contribution in [3.8, 4) is 6.07 Å². The van der Waals surface area contributed by atoms with Crippen LogP contribution in [0.3, 0.4) is 0 Å². The summed E-state index contributed by atoms with van der Waals surface area (Å²) in [5.41, 5.74) is 0. The van der Waals surface area contributed by atoms with Gasteiger partial charge in [-0.1, -0.05) is 12.8 Å². The van der Waals surface area contributed by atoms with Crippen LogP contribution in [-0.2, 0) is 18.6 Å². The van der Waals surface area contributed by atoms with Crippen molar-refractivity contribution in [1.82, 2.24) is 9.99 Å². The minimum absolute atomic E-state index is 0.0424. The monoisotopic (exact) mass is 509 g/mol. The zero-order chi connectivity index (χ0) is 25.8. The van der Waals surface area contributed by atoms with Gasteiger partial charge in [-0.25, -0.2) is 4.67 Å². The summed E-state index contributed by atoms with van der Waals surface area (Å²) in [5, 5.41) is 9.81. The number of nitrogens with one attached hydrogen (secondary N) is 1. The van der Waals surface area contributed by atoms with E-state index in [1.54, 1.807) is 0 Å². The van der Waals surface area contributed by atoms with Crippen molar-refractivity contribution in [3.05, 3.63) is 0 Å². The number of Topliss-reactive ketones (excluding diaryl/α,β-unsaturated/α-hetero) is 1. The second-order valence-corrected chi connectivity index (χ2v) is 9.07. The maximum Gasteiger partial charge on any atom is 0.471 e. The Balaban J connectivity index is 4.81. The second kappa shape index (κ2) is 14.7. The van der Waals surface area contributed by atoms with Gasteiger partial charge in [0.1, 0.15) is 0 Å². The Morgan fingerprint density at radius 3 is 1.94 bits per heavy atom. The van der Waals surface area contributed by atoms with Crippen LogP contribution in [0.25, 0.3) is 0 Å². The average molecular weight is 509 g/mol. The summed E-state index contributed by atoms with van der Waals surface area (Å²) in [5.74, 6) is -5.04. The number of nitriles is 1. The van der Waals surface area contributed by atoms with Gasteiger partial charge in [0.2, 0.25) is 0 Å². The van der Waals surface area contributed by atoms with Gasteiger partial charge in [0, 0.05) is 12.1 Å². The van der Waals surface area contributed by atoms with E-state index in [9.17, 15) is 35.9 Å². The molecule has 0 aliphatic heterocycles. The molecule has 14 heteroatoms. The standard InChI is InChI=1S/C19H30F6N3O4P/c1-13(2)28(14(3)4)33(32-12-8-10-26)31-11-7-5-6-9-15(16(29)18(20,21)22)27-17(30)19(23,24)25/h13-15H,5-9,11-12H2,1-4H3,(H,27,30). The molecule has 0 saturated heterocycles. The number of halogens is 6. The molecule has 0 aromatic rings. The first kappa shape index (κ1) is 31.5. The van der Waals surface area contributed by atoms with Crippen molar-refractivity contribution < 1.29 is 45.0 Å². The minimum atomic E-state index is -5.40. The van der Waals surface area contributed by atoms with Gasteiger partial charge in [0.15, 0.2) is 0 Å². The number of amides is 1. The molecular weight excluding hydrogens is 479 g/mol. The molecule has 0 aromatic heterocycles. The van der Waals surface area contributed by atoms with E-state index in [2.05, 4.69) is 0 Å². The van der Waals surface area contributed by atoms with E-state index in [4.69, 9.17) is 14.3 Å². The number of carbonyl (C=O) groups excluding carboxylic acids is 2. The minimum Gasteiger partial charge on any atom is -0.338 e. The smallest absolute Gasteiger partial charge is 0.338 e. The van der Waals surface area contributed by atoms with Crippen LogP contribution in [0.4, 0.5) is 26.3 Å².